The summed E-state index contributed by atoms with van der Waals surface area (Å²) in [6.45, 7) is 9.18. The van der Waals surface area contributed by atoms with Gasteiger partial charge in [-0.05, 0) is 66.5 Å². The molecule has 37 heavy (non-hydrogen) atoms. The number of H-pyrrole nitrogens is 1. The molecule has 1 N–H and O–H groups in total. The molecular weight excluding hydrogens is 470 g/mol. The molecule has 0 saturated carbocycles. The quantitative estimate of drug-likeness (QED) is 0.568. The summed E-state index contributed by atoms with van der Waals surface area (Å²) in [6.07, 6.45) is 1.77. The van der Waals surface area contributed by atoms with Crippen molar-refractivity contribution in [1.82, 2.24) is 25.2 Å². The van der Waals surface area contributed by atoms with Gasteiger partial charge in [0.25, 0.3) is 11.8 Å². The first kappa shape index (κ1) is 25.0. The van der Waals surface area contributed by atoms with Crippen molar-refractivity contribution in [2.75, 3.05) is 39.9 Å². The fraction of sp³-hybridized carbons (Fsp3) is 0.500. The van der Waals surface area contributed by atoms with E-state index in [0.717, 1.165) is 42.8 Å². The smallest absolute Gasteiger partial charge is 0.260 e. The van der Waals surface area contributed by atoms with Gasteiger partial charge in [0.05, 0.1) is 7.11 Å². The zero-order valence-electron chi connectivity index (χ0n) is 22.0. The fourth-order valence-electron chi connectivity index (χ4n) is 5.50. The van der Waals surface area contributed by atoms with E-state index in [1.54, 1.807) is 13.2 Å². The Balaban J connectivity index is 1.17. The normalized spacial score (nSPS) is 20.0. The minimum Gasteiger partial charge on any atom is -0.497 e. The number of carbonyl (C=O) groups excluding carboxylic acids is 2. The van der Waals surface area contributed by atoms with E-state index in [9.17, 15) is 9.59 Å². The molecule has 0 spiro atoms. The number of hydrogen-bond acceptors (Lipinski definition) is 6. The summed E-state index contributed by atoms with van der Waals surface area (Å²) in [7, 11) is 1.65. The van der Waals surface area contributed by atoms with Crippen LogP contribution in [0.1, 0.15) is 49.5 Å². The summed E-state index contributed by atoms with van der Waals surface area (Å²) in [4.78, 5) is 30.1. The molecule has 9 nitrogen and oxygen atoms in total. The zero-order valence-corrected chi connectivity index (χ0v) is 22.0. The number of aromatic nitrogens is 3. The van der Waals surface area contributed by atoms with E-state index >= 15 is 0 Å². The van der Waals surface area contributed by atoms with Gasteiger partial charge in [-0.15, -0.1) is 0 Å². The van der Waals surface area contributed by atoms with Crippen LogP contribution in [0.4, 0.5) is 0 Å². The molecule has 2 unspecified atom stereocenters. The maximum Gasteiger partial charge on any atom is 0.260 e. The molecule has 0 aliphatic carbocycles. The van der Waals surface area contributed by atoms with Gasteiger partial charge in [0.2, 0.25) is 0 Å². The predicted molar refractivity (Wildman–Crippen MR) is 140 cm³/mol. The summed E-state index contributed by atoms with van der Waals surface area (Å²) in [5.41, 5.74) is 2.95. The number of ether oxygens (including phenoxy) is 2. The molecule has 0 bridgehead atoms. The van der Waals surface area contributed by atoms with Crippen LogP contribution in [0.5, 0.6) is 11.5 Å². The number of amides is 2. The second kappa shape index (κ2) is 10.0. The summed E-state index contributed by atoms with van der Waals surface area (Å²) in [5.74, 6) is 2.32. The molecule has 5 rings (SSSR count). The van der Waals surface area contributed by atoms with Crippen LogP contribution in [0.15, 0.2) is 36.4 Å². The van der Waals surface area contributed by atoms with Gasteiger partial charge in [-0.1, -0.05) is 20.8 Å². The summed E-state index contributed by atoms with van der Waals surface area (Å²) < 4.78 is 11.4. The third kappa shape index (κ3) is 5.26. The Kier molecular flexibility index (Phi) is 6.79. The van der Waals surface area contributed by atoms with Crippen molar-refractivity contribution < 1.29 is 19.1 Å². The number of likely N-dealkylation sites (tertiary alicyclic amines) is 2. The Hall–Kier alpha value is -3.62. The molecule has 196 valence electrons. The van der Waals surface area contributed by atoms with Crippen LogP contribution in [-0.4, -0.2) is 76.9 Å². The molecular formula is C28H35N5O4. The van der Waals surface area contributed by atoms with Gasteiger partial charge in [-0.3, -0.25) is 9.59 Å². The largest absolute Gasteiger partial charge is 0.497 e. The standard InChI is InChI=1S/C28H35N5O4/c1-28(2,3)22-14-21(36-4)6-8-25(22)37-17-26(34)32-11-9-19-15-33(16-20(19)10-12-32)27(35)18-5-7-23-24(13-18)30-31-29-23/h5-8,13-14,19-20H,9-12,15-17H2,1-4H3,(H,29,30,31). The van der Waals surface area contributed by atoms with Gasteiger partial charge in [0, 0.05) is 37.3 Å². The molecule has 0 radical (unpaired) electrons. The Morgan fingerprint density at radius 1 is 0.973 bits per heavy atom. The van der Waals surface area contributed by atoms with Crippen LogP contribution in [-0.2, 0) is 10.2 Å². The number of aromatic amines is 1. The number of rotatable bonds is 5. The van der Waals surface area contributed by atoms with Gasteiger partial charge in [-0.25, -0.2) is 0 Å². The molecule has 3 aromatic rings. The van der Waals surface area contributed by atoms with E-state index in [1.165, 1.54) is 0 Å². The number of nitrogens with zero attached hydrogens (tertiary/aromatic N) is 4. The van der Waals surface area contributed by atoms with E-state index in [2.05, 4.69) is 36.2 Å². The molecule has 2 atom stereocenters. The lowest BCUT2D eigenvalue weighted by Gasteiger charge is -2.25. The summed E-state index contributed by atoms with van der Waals surface area (Å²) >= 11 is 0. The molecule has 2 saturated heterocycles. The van der Waals surface area contributed by atoms with Gasteiger partial charge in [-0.2, -0.15) is 15.4 Å². The van der Waals surface area contributed by atoms with Crippen LogP contribution in [0.25, 0.3) is 11.0 Å². The van der Waals surface area contributed by atoms with Gasteiger partial charge < -0.3 is 19.3 Å². The van der Waals surface area contributed by atoms with Gasteiger partial charge in [0.15, 0.2) is 6.61 Å². The van der Waals surface area contributed by atoms with E-state index in [0.29, 0.717) is 41.8 Å². The number of nitrogens with one attached hydrogen (secondary N) is 1. The lowest BCUT2D eigenvalue weighted by molar-refractivity contribution is -0.133. The minimum absolute atomic E-state index is 0.00416. The predicted octanol–water partition coefficient (Wildman–Crippen LogP) is 3.65. The maximum absolute atomic E-state index is 13.2. The first-order chi connectivity index (χ1) is 17.7. The van der Waals surface area contributed by atoms with Gasteiger partial charge in [0.1, 0.15) is 22.5 Å². The Labute approximate surface area is 217 Å². The van der Waals surface area contributed by atoms with Crippen molar-refractivity contribution in [3.05, 3.63) is 47.5 Å². The average Bonchev–Trinajstić information content (AvgIpc) is 3.48. The molecule has 2 aliphatic rings. The highest BCUT2D eigenvalue weighted by Crippen LogP contribution is 2.35. The van der Waals surface area contributed by atoms with Gasteiger partial charge >= 0.3 is 0 Å². The average molecular weight is 506 g/mol. The molecule has 2 aromatic carbocycles. The molecule has 3 heterocycles. The molecule has 1 aromatic heterocycles. The molecule has 9 heteroatoms. The monoisotopic (exact) mass is 505 g/mol. The highest BCUT2D eigenvalue weighted by atomic mass is 16.5. The van der Waals surface area contributed by atoms with Crippen molar-refractivity contribution in [2.45, 2.75) is 39.0 Å². The lowest BCUT2D eigenvalue weighted by atomic mass is 9.86. The van der Waals surface area contributed by atoms with Crippen molar-refractivity contribution in [3.8, 4) is 11.5 Å². The van der Waals surface area contributed by atoms with Crippen LogP contribution >= 0.6 is 0 Å². The van der Waals surface area contributed by atoms with Crippen LogP contribution < -0.4 is 9.47 Å². The topological polar surface area (TPSA) is 101 Å². The second-order valence-electron chi connectivity index (χ2n) is 11.1. The van der Waals surface area contributed by atoms with Crippen molar-refractivity contribution in [3.63, 3.8) is 0 Å². The summed E-state index contributed by atoms with van der Waals surface area (Å²) in [6, 6.07) is 11.1. The number of carbonyl (C=O) groups is 2. The van der Waals surface area contributed by atoms with Crippen LogP contribution in [0.2, 0.25) is 0 Å². The third-order valence-electron chi connectivity index (χ3n) is 7.67. The summed E-state index contributed by atoms with van der Waals surface area (Å²) in [5, 5.41) is 10.7. The number of hydrogen-bond donors (Lipinski definition) is 1. The molecule has 2 amide bonds. The SMILES string of the molecule is COc1ccc(OCC(=O)N2CCC3CN(C(=O)c4ccc5n[nH]nc5c4)CC3CC2)c(C(C)(C)C)c1. The first-order valence-corrected chi connectivity index (χ1v) is 12.9. The Bertz CT molecular complexity index is 1280. The Morgan fingerprint density at radius 3 is 2.35 bits per heavy atom. The van der Waals surface area contributed by atoms with Crippen LogP contribution in [0, 0.1) is 11.8 Å². The third-order valence-corrected chi connectivity index (χ3v) is 7.67. The van der Waals surface area contributed by atoms with Crippen molar-refractivity contribution in [2.24, 2.45) is 11.8 Å². The maximum atomic E-state index is 13.2. The molecule has 2 fully saturated rings. The van der Waals surface area contributed by atoms with Crippen molar-refractivity contribution in [1.29, 1.82) is 0 Å². The minimum atomic E-state index is -0.142. The Morgan fingerprint density at radius 2 is 1.68 bits per heavy atom. The van der Waals surface area contributed by atoms with E-state index in [1.807, 2.05) is 40.1 Å². The van der Waals surface area contributed by atoms with Crippen molar-refractivity contribution >= 4 is 22.8 Å². The number of fused-ring (bicyclic) bond motifs is 2. The fourth-order valence-corrected chi connectivity index (χ4v) is 5.50. The first-order valence-electron chi connectivity index (χ1n) is 12.9. The highest BCUT2D eigenvalue weighted by Gasteiger charge is 2.38. The second-order valence-corrected chi connectivity index (χ2v) is 11.1. The zero-order chi connectivity index (χ0) is 26.2. The van der Waals surface area contributed by atoms with Crippen LogP contribution in [0.3, 0.4) is 0 Å². The van der Waals surface area contributed by atoms with E-state index < -0.39 is 0 Å². The lowest BCUT2D eigenvalue weighted by Crippen LogP contribution is -2.37. The van der Waals surface area contributed by atoms with E-state index in [4.69, 9.17) is 9.47 Å². The number of benzene rings is 2. The van der Waals surface area contributed by atoms with E-state index in [-0.39, 0.29) is 23.8 Å². The molecule has 2 aliphatic heterocycles. The number of methoxy groups -OCH3 is 1. The highest BCUT2D eigenvalue weighted by molar-refractivity contribution is 5.97.